The molecule has 30 heavy (non-hydrogen) atoms. The summed E-state index contributed by atoms with van der Waals surface area (Å²) < 4.78 is 43.9. The molecule has 1 fully saturated rings. The Hall–Kier alpha value is -2.68. The Morgan fingerprint density at radius 2 is 1.70 bits per heavy atom. The second-order valence-electron chi connectivity index (χ2n) is 6.70. The van der Waals surface area contributed by atoms with E-state index in [1.54, 1.807) is 24.3 Å². The monoisotopic (exact) mass is 438 g/mol. The number of hydrogen-bond acceptors (Lipinski definition) is 4. The number of hydrogen-bond donors (Lipinski definition) is 1. The molecule has 1 aliphatic rings. The summed E-state index contributed by atoms with van der Waals surface area (Å²) in [6.45, 7) is 0.963. The molecule has 9 heteroatoms. The van der Waals surface area contributed by atoms with Gasteiger partial charge in [0.15, 0.2) is 6.61 Å². The Morgan fingerprint density at radius 3 is 2.37 bits per heavy atom. The van der Waals surface area contributed by atoms with Crippen LogP contribution in [0.3, 0.4) is 0 Å². The number of amides is 2. The molecule has 2 aromatic carbocycles. The summed E-state index contributed by atoms with van der Waals surface area (Å²) in [6, 6.07) is 11.5. The van der Waals surface area contributed by atoms with Crippen molar-refractivity contribution in [2.24, 2.45) is 0 Å². The van der Waals surface area contributed by atoms with E-state index >= 15 is 0 Å². The van der Waals surface area contributed by atoms with Gasteiger partial charge >= 0.3 is 6.18 Å². The maximum Gasteiger partial charge on any atom is 0.419 e. The van der Waals surface area contributed by atoms with E-state index in [2.05, 4.69) is 5.32 Å². The smallest absolute Gasteiger partial charge is 0.419 e. The van der Waals surface area contributed by atoms with Crippen LogP contribution in [0.25, 0.3) is 0 Å². The number of para-hydroxylation sites is 1. The summed E-state index contributed by atoms with van der Waals surface area (Å²) in [4.78, 5) is 26.2. The van der Waals surface area contributed by atoms with Crippen molar-refractivity contribution in [1.82, 2.24) is 4.90 Å². The zero-order valence-electron chi connectivity index (χ0n) is 16.1. The molecule has 160 valence electrons. The number of benzene rings is 2. The molecule has 0 saturated carbocycles. The van der Waals surface area contributed by atoms with Crippen molar-refractivity contribution >= 4 is 29.3 Å². The number of rotatable bonds is 6. The fraction of sp³-hybridized carbons (Fsp3) is 0.333. The van der Waals surface area contributed by atoms with E-state index in [-0.39, 0.29) is 12.3 Å². The lowest BCUT2D eigenvalue weighted by Crippen LogP contribution is -2.38. The van der Waals surface area contributed by atoms with E-state index in [1.165, 1.54) is 18.2 Å². The molecule has 0 bridgehead atoms. The summed E-state index contributed by atoms with van der Waals surface area (Å²) in [5, 5.41) is 2.57. The van der Waals surface area contributed by atoms with Crippen molar-refractivity contribution in [3.8, 4) is 5.75 Å². The summed E-state index contributed by atoms with van der Waals surface area (Å²) in [6.07, 6.45) is -4.27. The largest absolute Gasteiger partial charge is 0.483 e. The lowest BCUT2D eigenvalue weighted by Gasteiger charge is -2.26. The van der Waals surface area contributed by atoms with Crippen LogP contribution in [0.2, 0.25) is 0 Å². The molecule has 1 saturated heterocycles. The first-order valence-electron chi connectivity index (χ1n) is 9.36. The van der Waals surface area contributed by atoms with Crippen LogP contribution in [0.4, 0.5) is 18.9 Å². The fourth-order valence-electron chi connectivity index (χ4n) is 2.97. The van der Waals surface area contributed by atoms with Crippen LogP contribution in [0.15, 0.2) is 48.5 Å². The number of nitrogens with one attached hydrogen (secondary N) is 1. The van der Waals surface area contributed by atoms with E-state index in [9.17, 15) is 22.8 Å². The highest BCUT2D eigenvalue weighted by Gasteiger charge is 2.34. The van der Waals surface area contributed by atoms with Gasteiger partial charge in [-0.1, -0.05) is 24.3 Å². The number of ether oxygens (including phenoxy) is 1. The van der Waals surface area contributed by atoms with E-state index in [0.29, 0.717) is 5.69 Å². The maximum atomic E-state index is 13.0. The number of carbonyl (C=O) groups excluding carboxylic acids is 2. The third-order valence-corrected chi connectivity index (χ3v) is 5.45. The number of carbonyl (C=O) groups is 2. The van der Waals surface area contributed by atoms with Gasteiger partial charge in [0.1, 0.15) is 5.75 Å². The van der Waals surface area contributed by atoms with Gasteiger partial charge in [0.25, 0.3) is 5.91 Å². The van der Waals surface area contributed by atoms with Crippen LogP contribution < -0.4 is 10.1 Å². The second kappa shape index (κ2) is 9.88. The molecular formula is C21H21F3N2O3S. The van der Waals surface area contributed by atoms with Crippen LogP contribution in [0.5, 0.6) is 5.75 Å². The average molecular weight is 438 g/mol. The summed E-state index contributed by atoms with van der Waals surface area (Å²) in [5.74, 6) is 0.994. The molecule has 1 N–H and O–H groups in total. The normalized spacial score (nSPS) is 14.3. The number of anilines is 1. The van der Waals surface area contributed by atoms with Gasteiger partial charge in [-0.05, 0) is 29.8 Å². The Bertz CT molecular complexity index is 882. The average Bonchev–Trinajstić information content (AvgIpc) is 2.74. The molecule has 5 nitrogen and oxygen atoms in total. The molecular weight excluding hydrogens is 417 g/mol. The van der Waals surface area contributed by atoms with Gasteiger partial charge in [-0.15, -0.1) is 0 Å². The summed E-state index contributed by atoms with van der Waals surface area (Å²) >= 11 is 1.83. The minimum Gasteiger partial charge on any atom is -0.483 e. The van der Waals surface area contributed by atoms with Crippen LogP contribution in [-0.4, -0.2) is 47.9 Å². The molecule has 0 unspecified atom stereocenters. The van der Waals surface area contributed by atoms with Crippen LogP contribution in [-0.2, 0) is 22.2 Å². The number of halogens is 3. The molecule has 0 aromatic heterocycles. The predicted octanol–water partition coefficient (Wildman–Crippen LogP) is 3.84. The summed E-state index contributed by atoms with van der Waals surface area (Å²) in [5.41, 5.74) is 0.365. The van der Waals surface area contributed by atoms with E-state index < -0.39 is 30.0 Å². The van der Waals surface area contributed by atoms with E-state index in [1.807, 2.05) is 16.7 Å². The van der Waals surface area contributed by atoms with Gasteiger partial charge in [0.2, 0.25) is 5.91 Å². The minimum atomic E-state index is -4.56. The first-order chi connectivity index (χ1) is 14.3. The fourth-order valence-corrected chi connectivity index (χ4v) is 3.88. The highest BCUT2D eigenvalue weighted by molar-refractivity contribution is 7.99. The minimum absolute atomic E-state index is 0.0730. The van der Waals surface area contributed by atoms with E-state index in [4.69, 9.17) is 4.74 Å². The number of nitrogens with zero attached hydrogens (tertiary/aromatic N) is 1. The first-order valence-corrected chi connectivity index (χ1v) is 10.5. The molecule has 0 atom stereocenters. The second-order valence-corrected chi connectivity index (χ2v) is 7.92. The maximum absolute atomic E-state index is 13.0. The van der Waals surface area contributed by atoms with Crippen molar-refractivity contribution in [2.45, 2.75) is 12.6 Å². The van der Waals surface area contributed by atoms with Crippen molar-refractivity contribution in [1.29, 1.82) is 0 Å². The SMILES string of the molecule is O=C(COc1ccccc1C(F)(F)F)Nc1ccc(CC(=O)N2CCSCC2)cc1. The van der Waals surface area contributed by atoms with Gasteiger partial charge in [0, 0.05) is 30.3 Å². The van der Waals surface area contributed by atoms with Gasteiger partial charge < -0.3 is 15.0 Å². The Labute approximate surface area is 176 Å². The molecule has 0 spiro atoms. The van der Waals surface area contributed by atoms with Crippen LogP contribution >= 0.6 is 11.8 Å². The van der Waals surface area contributed by atoms with Crippen LogP contribution in [0, 0.1) is 0 Å². The van der Waals surface area contributed by atoms with Crippen molar-refractivity contribution in [3.63, 3.8) is 0 Å². The van der Waals surface area contributed by atoms with Crippen molar-refractivity contribution in [2.75, 3.05) is 36.5 Å². The molecule has 0 aliphatic carbocycles. The Balaban J connectivity index is 1.51. The lowest BCUT2D eigenvalue weighted by atomic mass is 10.1. The van der Waals surface area contributed by atoms with E-state index in [0.717, 1.165) is 36.2 Å². The molecule has 0 radical (unpaired) electrons. The third kappa shape index (κ3) is 6.16. The zero-order valence-corrected chi connectivity index (χ0v) is 16.9. The highest BCUT2D eigenvalue weighted by atomic mass is 32.2. The molecule has 3 rings (SSSR count). The molecule has 1 heterocycles. The van der Waals surface area contributed by atoms with Crippen molar-refractivity contribution in [3.05, 3.63) is 59.7 Å². The first kappa shape index (κ1) is 22.0. The van der Waals surface area contributed by atoms with Gasteiger partial charge in [-0.2, -0.15) is 24.9 Å². The Kier molecular flexibility index (Phi) is 7.25. The quantitative estimate of drug-likeness (QED) is 0.745. The summed E-state index contributed by atoms with van der Waals surface area (Å²) in [7, 11) is 0. The lowest BCUT2D eigenvalue weighted by molar-refractivity contribution is -0.139. The van der Waals surface area contributed by atoms with Crippen molar-refractivity contribution < 1.29 is 27.5 Å². The van der Waals surface area contributed by atoms with Crippen LogP contribution in [0.1, 0.15) is 11.1 Å². The number of thioether (sulfide) groups is 1. The van der Waals surface area contributed by atoms with Gasteiger partial charge in [-0.3, -0.25) is 9.59 Å². The third-order valence-electron chi connectivity index (χ3n) is 4.51. The van der Waals surface area contributed by atoms with Gasteiger partial charge in [-0.25, -0.2) is 0 Å². The van der Waals surface area contributed by atoms with Gasteiger partial charge in [0.05, 0.1) is 12.0 Å². The zero-order chi connectivity index (χ0) is 21.6. The molecule has 2 aromatic rings. The molecule has 2 amide bonds. The topological polar surface area (TPSA) is 58.6 Å². The molecule has 1 aliphatic heterocycles. The number of alkyl halides is 3. The standard InChI is InChI=1S/C21H21F3N2O3S/c22-21(23,24)17-3-1-2-4-18(17)29-14-19(27)25-16-7-5-15(6-8-16)13-20(28)26-9-11-30-12-10-26/h1-8H,9-14H2,(H,25,27). The highest BCUT2D eigenvalue weighted by Crippen LogP contribution is 2.35. The Morgan fingerprint density at radius 1 is 1.03 bits per heavy atom. The predicted molar refractivity (Wildman–Crippen MR) is 110 cm³/mol.